The van der Waals surface area contributed by atoms with E-state index in [0.717, 1.165) is 16.5 Å². The first-order chi connectivity index (χ1) is 9.66. The first-order valence-electron chi connectivity index (χ1n) is 5.92. The molecule has 0 bridgehead atoms. The summed E-state index contributed by atoms with van der Waals surface area (Å²) in [5, 5.41) is 16.6. The van der Waals surface area contributed by atoms with E-state index in [4.69, 9.17) is 16.7 Å². The predicted molar refractivity (Wildman–Crippen MR) is 83.5 cm³/mol. The van der Waals surface area contributed by atoms with E-state index in [9.17, 15) is 4.79 Å². The van der Waals surface area contributed by atoms with Crippen molar-refractivity contribution in [1.82, 2.24) is 0 Å². The topological polar surface area (TPSA) is 49.3 Å². The van der Waals surface area contributed by atoms with Gasteiger partial charge in [-0.1, -0.05) is 35.9 Å². The monoisotopic (exact) mass is 303 g/mol. The third-order valence-corrected chi connectivity index (χ3v) is 4.23. The van der Waals surface area contributed by atoms with Gasteiger partial charge in [-0.25, -0.2) is 4.79 Å². The fourth-order valence-electron chi connectivity index (χ4n) is 2.09. The summed E-state index contributed by atoms with van der Waals surface area (Å²) in [6.45, 7) is 0. The average molecular weight is 304 g/mol. The van der Waals surface area contributed by atoms with Crippen LogP contribution in [0.5, 0.6) is 0 Å². The van der Waals surface area contributed by atoms with Gasteiger partial charge < -0.3 is 10.4 Å². The molecule has 0 aliphatic carbocycles. The van der Waals surface area contributed by atoms with E-state index in [1.165, 1.54) is 11.3 Å². The second-order valence-electron chi connectivity index (χ2n) is 4.23. The Bertz CT molecular complexity index is 797. The van der Waals surface area contributed by atoms with Gasteiger partial charge in [0, 0.05) is 21.5 Å². The molecule has 2 aromatic carbocycles. The summed E-state index contributed by atoms with van der Waals surface area (Å²) in [6.07, 6.45) is 0. The number of rotatable bonds is 3. The number of hydrogen-bond acceptors (Lipinski definition) is 3. The molecule has 3 aromatic rings. The van der Waals surface area contributed by atoms with Crippen LogP contribution < -0.4 is 5.32 Å². The summed E-state index contributed by atoms with van der Waals surface area (Å²) in [7, 11) is 0. The molecule has 0 saturated heterocycles. The van der Waals surface area contributed by atoms with Crippen molar-refractivity contribution < 1.29 is 9.90 Å². The fraction of sp³-hybridized carbons (Fsp3) is 0. The first-order valence-corrected chi connectivity index (χ1v) is 7.17. The van der Waals surface area contributed by atoms with Gasteiger partial charge in [-0.15, -0.1) is 11.3 Å². The third kappa shape index (κ3) is 2.24. The van der Waals surface area contributed by atoms with Crippen molar-refractivity contribution in [2.75, 3.05) is 5.32 Å². The lowest BCUT2D eigenvalue weighted by molar-refractivity contribution is 0.0703. The zero-order chi connectivity index (χ0) is 14.1. The standard InChI is InChI=1S/C15H10ClNO2S/c16-11-5-6-12(10-4-2-1-3-9(10)11)17-13-7-8-20-14(13)15(18)19/h1-8,17H,(H,18,19). The van der Waals surface area contributed by atoms with Crippen molar-refractivity contribution in [2.45, 2.75) is 0 Å². The summed E-state index contributed by atoms with van der Waals surface area (Å²) < 4.78 is 0. The highest BCUT2D eigenvalue weighted by atomic mass is 35.5. The van der Waals surface area contributed by atoms with Gasteiger partial charge in [0.2, 0.25) is 0 Å². The molecule has 1 aromatic heterocycles. The van der Waals surface area contributed by atoms with Crippen LogP contribution >= 0.6 is 22.9 Å². The van der Waals surface area contributed by atoms with Gasteiger partial charge in [-0.05, 0) is 23.6 Å². The highest BCUT2D eigenvalue weighted by Crippen LogP contribution is 2.33. The maximum absolute atomic E-state index is 11.1. The molecule has 3 rings (SSSR count). The quantitative estimate of drug-likeness (QED) is 0.716. The average Bonchev–Trinajstić information content (AvgIpc) is 2.91. The van der Waals surface area contributed by atoms with Crippen LogP contribution in [0.15, 0.2) is 47.8 Å². The summed E-state index contributed by atoms with van der Waals surface area (Å²) >= 11 is 7.37. The minimum absolute atomic E-state index is 0.295. The molecule has 0 aliphatic heterocycles. The van der Waals surface area contributed by atoms with E-state index in [2.05, 4.69) is 5.32 Å². The Balaban J connectivity index is 2.09. The number of hydrogen-bond donors (Lipinski definition) is 2. The number of thiophene rings is 1. The number of halogens is 1. The van der Waals surface area contributed by atoms with Crippen molar-refractivity contribution in [2.24, 2.45) is 0 Å². The van der Waals surface area contributed by atoms with E-state index in [0.29, 0.717) is 15.6 Å². The van der Waals surface area contributed by atoms with Gasteiger partial charge in [0.15, 0.2) is 0 Å². The van der Waals surface area contributed by atoms with E-state index in [-0.39, 0.29) is 0 Å². The maximum Gasteiger partial charge on any atom is 0.348 e. The van der Waals surface area contributed by atoms with E-state index in [1.807, 2.05) is 30.3 Å². The molecule has 0 fully saturated rings. The number of benzene rings is 2. The number of nitrogens with one attached hydrogen (secondary N) is 1. The fourth-order valence-corrected chi connectivity index (χ4v) is 3.00. The van der Waals surface area contributed by atoms with E-state index in [1.54, 1.807) is 17.5 Å². The largest absolute Gasteiger partial charge is 0.477 e. The van der Waals surface area contributed by atoms with Crippen LogP contribution in [0.25, 0.3) is 10.8 Å². The molecule has 100 valence electrons. The van der Waals surface area contributed by atoms with Gasteiger partial charge in [0.25, 0.3) is 0 Å². The predicted octanol–water partition coefficient (Wildman–Crippen LogP) is 5.00. The number of anilines is 2. The van der Waals surface area contributed by atoms with Crippen LogP contribution in [0, 0.1) is 0 Å². The van der Waals surface area contributed by atoms with Crippen LogP contribution in [0.2, 0.25) is 5.02 Å². The Morgan fingerprint density at radius 3 is 2.55 bits per heavy atom. The summed E-state index contributed by atoms with van der Waals surface area (Å²) in [4.78, 5) is 11.4. The van der Waals surface area contributed by atoms with Gasteiger partial charge in [0.1, 0.15) is 4.88 Å². The van der Waals surface area contributed by atoms with Crippen LogP contribution in [0.1, 0.15) is 9.67 Å². The zero-order valence-corrected chi connectivity index (χ0v) is 11.8. The van der Waals surface area contributed by atoms with Crippen LogP contribution in [0.4, 0.5) is 11.4 Å². The van der Waals surface area contributed by atoms with E-state index < -0.39 is 5.97 Å². The molecule has 0 atom stereocenters. The normalized spacial score (nSPS) is 10.7. The van der Waals surface area contributed by atoms with Crippen molar-refractivity contribution >= 4 is 51.1 Å². The number of fused-ring (bicyclic) bond motifs is 1. The molecule has 0 amide bonds. The van der Waals surface area contributed by atoms with Crippen LogP contribution in [-0.4, -0.2) is 11.1 Å². The highest BCUT2D eigenvalue weighted by Gasteiger charge is 2.13. The molecule has 2 N–H and O–H groups in total. The molecular weight excluding hydrogens is 294 g/mol. The lowest BCUT2D eigenvalue weighted by Crippen LogP contribution is -1.98. The minimum atomic E-state index is -0.930. The van der Waals surface area contributed by atoms with Crippen LogP contribution in [-0.2, 0) is 0 Å². The molecule has 1 heterocycles. The number of carboxylic acids is 1. The van der Waals surface area contributed by atoms with Gasteiger partial charge >= 0.3 is 5.97 Å². The smallest absolute Gasteiger partial charge is 0.348 e. The van der Waals surface area contributed by atoms with E-state index >= 15 is 0 Å². The minimum Gasteiger partial charge on any atom is -0.477 e. The Morgan fingerprint density at radius 2 is 1.80 bits per heavy atom. The summed E-state index contributed by atoms with van der Waals surface area (Å²) in [6, 6.07) is 13.2. The molecule has 0 radical (unpaired) electrons. The summed E-state index contributed by atoms with van der Waals surface area (Å²) in [5.41, 5.74) is 1.43. The number of carboxylic acid groups (broad SMARTS) is 1. The van der Waals surface area contributed by atoms with Crippen molar-refractivity contribution in [3.63, 3.8) is 0 Å². The second-order valence-corrected chi connectivity index (χ2v) is 5.56. The Morgan fingerprint density at radius 1 is 1.05 bits per heavy atom. The Kier molecular flexibility index (Phi) is 3.34. The number of carbonyl (C=O) groups is 1. The molecule has 20 heavy (non-hydrogen) atoms. The molecule has 0 spiro atoms. The molecule has 0 unspecified atom stereocenters. The lowest BCUT2D eigenvalue weighted by Gasteiger charge is -2.10. The highest BCUT2D eigenvalue weighted by molar-refractivity contribution is 7.12. The van der Waals surface area contributed by atoms with Gasteiger partial charge in [0.05, 0.1) is 5.69 Å². The number of aromatic carboxylic acids is 1. The second kappa shape index (κ2) is 5.15. The molecule has 5 heteroatoms. The molecule has 3 nitrogen and oxygen atoms in total. The SMILES string of the molecule is O=C(O)c1sccc1Nc1ccc(Cl)c2ccccc12. The third-order valence-electron chi connectivity index (χ3n) is 3.00. The Labute approximate surface area is 124 Å². The van der Waals surface area contributed by atoms with Gasteiger partial charge in [-0.2, -0.15) is 0 Å². The molecular formula is C15H10ClNO2S. The molecule has 0 saturated carbocycles. The lowest BCUT2D eigenvalue weighted by atomic mass is 10.1. The summed E-state index contributed by atoms with van der Waals surface area (Å²) in [5.74, 6) is -0.930. The Hall–Kier alpha value is -2.04. The molecule has 0 aliphatic rings. The van der Waals surface area contributed by atoms with Crippen LogP contribution in [0.3, 0.4) is 0 Å². The van der Waals surface area contributed by atoms with Crippen molar-refractivity contribution in [3.8, 4) is 0 Å². The van der Waals surface area contributed by atoms with Crippen molar-refractivity contribution in [3.05, 3.63) is 57.7 Å². The maximum atomic E-state index is 11.1. The zero-order valence-electron chi connectivity index (χ0n) is 10.3. The first kappa shape index (κ1) is 13.0. The van der Waals surface area contributed by atoms with Gasteiger partial charge in [-0.3, -0.25) is 0 Å². The van der Waals surface area contributed by atoms with Crippen molar-refractivity contribution in [1.29, 1.82) is 0 Å².